The molecule has 0 aromatic heterocycles. The van der Waals surface area contributed by atoms with Crippen LogP contribution < -0.4 is 11.5 Å². The van der Waals surface area contributed by atoms with Gasteiger partial charge < -0.3 is 11.5 Å². The molecule has 0 fully saturated rings. The van der Waals surface area contributed by atoms with Gasteiger partial charge in [-0.15, -0.1) is 11.8 Å². The van der Waals surface area contributed by atoms with Crippen molar-refractivity contribution in [2.24, 2.45) is 5.73 Å². The lowest BCUT2D eigenvalue weighted by Gasteiger charge is -2.04. The van der Waals surface area contributed by atoms with Gasteiger partial charge in [0, 0.05) is 22.9 Å². The molecule has 0 heterocycles. The van der Waals surface area contributed by atoms with E-state index >= 15 is 0 Å². The summed E-state index contributed by atoms with van der Waals surface area (Å²) in [4.78, 5) is 1.14. The van der Waals surface area contributed by atoms with Crippen LogP contribution in [-0.2, 0) is 0 Å². The molecule has 0 spiro atoms. The Labute approximate surface area is 89.4 Å². The molecular formula is C11H16N2S. The molecule has 0 atom stereocenters. The fraction of sp³-hybridized carbons (Fsp3) is 0.273. The minimum Gasteiger partial charge on any atom is -0.398 e. The molecule has 2 nitrogen and oxygen atoms in total. The van der Waals surface area contributed by atoms with Crippen molar-refractivity contribution in [1.82, 2.24) is 0 Å². The maximum atomic E-state index is 5.87. The summed E-state index contributed by atoms with van der Waals surface area (Å²) in [5.74, 6) is 0.921. The summed E-state index contributed by atoms with van der Waals surface area (Å²) in [6.07, 6.45) is 4.02. The van der Waals surface area contributed by atoms with E-state index in [0.29, 0.717) is 6.54 Å². The SMILES string of the molecule is Cc1ccc(SCC=CCN)c(N)c1. The summed E-state index contributed by atoms with van der Waals surface area (Å²) >= 11 is 1.73. The zero-order chi connectivity index (χ0) is 10.4. The second-order valence-electron chi connectivity index (χ2n) is 3.06. The Morgan fingerprint density at radius 3 is 2.79 bits per heavy atom. The van der Waals surface area contributed by atoms with Crippen LogP contribution in [0.5, 0.6) is 0 Å². The van der Waals surface area contributed by atoms with E-state index in [0.717, 1.165) is 16.3 Å². The van der Waals surface area contributed by atoms with Crippen molar-refractivity contribution in [1.29, 1.82) is 0 Å². The van der Waals surface area contributed by atoms with E-state index in [-0.39, 0.29) is 0 Å². The number of rotatable bonds is 4. The molecule has 1 aromatic rings. The fourth-order valence-electron chi connectivity index (χ4n) is 1.10. The van der Waals surface area contributed by atoms with Gasteiger partial charge in [-0.3, -0.25) is 0 Å². The second-order valence-corrected chi connectivity index (χ2v) is 4.12. The zero-order valence-electron chi connectivity index (χ0n) is 8.36. The number of benzene rings is 1. The maximum Gasteiger partial charge on any atom is 0.0454 e. The minimum atomic E-state index is 0.601. The van der Waals surface area contributed by atoms with Crippen LogP contribution >= 0.6 is 11.8 Å². The predicted molar refractivity (Wildman–Crippen MR) is 64.5 cm³/mol. The Morgan fingerprint density at radius 2 is 2.14 bits per heavy atom. The van der Waals surface area contributed by atoms with Crippen LogP contribution in [0.3, 0.4) is 0 Å². The third-order valence-electron chi connectivity index (χ3n) is 1.80. The van der Waals surface area contributed by atoms with E-state index in [2.05, 4.69) is 18.2 Å². The van der Waals surface area contributed by atoms with Crippen LogP contribution in [0.25, 0.3) is 0 Å². The number of hydrogen-bond donors (Lipinski definition) is 2. The molecule has 0 radical (unpaired) electrons. The highest BCUT2D eigenvalue weighted by Gasteiger charge is 1.97. The van der Waals surface area contributed by atoms with Crippen LogP contribution in [0.1, 0.15) is 5.56 Å². The van der Waals surface area contributed by atoms with Gasteiger partial charge in [-0.2, -0.15) is 0 Å². The van der Waals surface area contributed by atoms with Crippen molar-refractivity contribution >= 4 is 17.4 Å². The Kier molecular flexibility index (Phi) is 4.56. The Hall–Kier alpha value is -0.930. The largest absolute Gasteiger partial charge is 0.398 e. The molecule has 0 amide bonds. The topological polar surface area (TPSA) is 52.0 Å². The third-order valence-corrected chi connectivity index (χ3v) is 2.85. The fourth-order valence-corrected chi connectivity index (χ4v) is 1.90. The molecule has 76 valence electrons. The Balaban J connectivity index is 2.55. The van der Waals surface area contributed by atoms with Gasteiger partial charge in [0.15, 0.2) is 0 Å². The highest BCUT2D eigenvalue weighted by atomic mass is 32.2. The minimum absolute atomic E-state index is 0.601. The molecule has 1 aromatic carbocycles. The number of anilines is 1. The molecule has 0 saturated carbocycles. The first-order valence-electron chi connectivity index (χ1n) is 4.58. The van der Waals surface area contributed by atoms with Gasteiger partial charge in [0.2, 0.25) is 0 Å². The molecule has 0 bridgehead atoms. The van der Waals surface area contributed by atoms with E-state index in [1.54, 1.807) is 11.8 Å². The van der Waals surface area contributed by atoms with Gasteiger partial charge in [-0.25, -0.2) is 0 Å². The van der Waals surface area contributed by atoms with Gasteiger partial charge in [0.05, 0.1) is 0 Å². The number of thioether (sulfide) groups is 1. The standard InChI is InChI=1S/C11H16N2S/c1-9-4-5-11(10(13)8-9)14-7-3-2-6-12/h2-5,8H,6-7,12-13H2,1H3. The van der Waals surface area contributed by atoms with Crippen LogP contribution in [0.15, 0.2) is 35.2 Å². The monoisotopic (exact) mass is 208 g/mol. The Morgan fingerprint density at radius 1 is 1.36 bits per heavy atom. The summed E-state index contributed by atoms with van der Waals surface area (Å²) in [7, 11) is 0. The lowest BCUT2D eigenvalue weighted by Crippen LogP contribution is -1.93. The second kappa shape index (κ2) is 5.73. The molecule has 14 heavy (non-hydrogen) atoms. The lowest BCUT2D eigenvalue weighted by molar-refractivity contribution is 1.25. The van der Waals surface area contributed by atoms with Crippen molar-refractivity contribution in [3.8, 4) is 0 Å². The Bertz CT molecular complexity index is 321. The van der Waals surface area contributed by atoms with Gasteiger partial charge in [-0.1, -0.05) is 18.2 Å². The average Bonchev–Trinajstić information content (AvgIpc) is 2.15. The van der Waals surface area contributed by atoms with E-state index < -0.39 is 0 Å². The molecular weight excluding hydrogens is 192 g/mol. The normalized spacial score (nSPS) is 11.0. The van der Waals surface area contributed by atoms with Gasteiger partial charge in [0.25, 0.3) is 0 Å². The lowest BCUT2D eigenvalue weighted by atomic mass is 10.2. The summed E-state index contributed by atoms with van der Waals surface area (Å²) < 4.78 is 0. The van der Waals surface area contributed by atoms with E-state index in [9.17, 15) is 0 Å². The number of aryl methyl sites for hydroxylation is 1. The molecule has 0 unspecified atom stereocenters. The summed E-state index contributed by atoms with van der Waals surface area (Å²) in [6.45, 7) is 2.64. The molecule has 0 aliphatic carbocycles. The average molecular weight is 208 g/mol. The van der Waals surface area contributed by atoms with Gasteiger partial charge in [-0.05, 0) is 24.6 Å². The van der Waals surface area contributed by atoms with Crippen molar-refractivity contribution in [3.05, 3.63) is 35.9 Å². The van der Waals surface area contributed by atoms with Crippen LogP contribution in [0.4, 0.5) is 5.69 Å². The zero-order valence-corrected chi connectivity index (χ0v) is 9.18. The first-order chi connectivity index (χ1) is 6.74. The molecule has 1 rings (SSSR count). The van der Waals surface area contributed by atoms with Crippen LogP contribution in [0, 0.1) is 6.92 Å². The van der Waals surface area contributed by atoms with Crippen LogP contribution in [-0.4, -0.2) is 12.3 Å². The van der Waals surface area contributed by atoms with Crippen molar-refractivity contribution < 1.29 is 0 Å². The van der Waals surface area contributed by atoms with Crippen molar-refractivity contribution in [3.63, 3.8) is 0 Å². The quantitative estimate of drug-likeness (QED) is 0.453. The van der Waals surface area contributed by atoms with Crippen molar-refractivity contribution in [2.75, 3.05) is 18.0 Å². The summed E-state index contributed by atoms with van der Waals surface area (Å²) in [5, 5.41) is 0. The first-order valence-corrected chi connectivity index (χ1v) is 5.56. The number of nitrogens with two attached hydrogens (primary N) is 2. The predicted octanol–water partition coefficient (Wildman–Crippen LogP) is 2.18. The number of hydrogen-bond acceptors (Lipinski definition) is 3. The van der Waals surface area contributed by atoms with E-state index in [1.807, 2.05) is 19.1 Å². The van der Waals surface area contributed by atoms with Crippen molar-refractivity contribution in [2.45, 2.75) is 11.8 Å². The van der Waals surface area contributed by atoms with Gasteiger partial charge >= 0.3 is 0 Å². The molecule has 0 aliphatic heterocycles. The third kappa shape index (κ3) is 3.44. The highest BCUT2D eigenvalue weighted by Crippen LogP contribution is 2.25. The van der Waals surface area contributed by atoms with E-state index in [4.69, 9.17) is 11.5 Å². The van der Waals surface area contributed by atoms with E-state index in [1.165, 1.54) is 5.56 Å². The molecule has 0 aliphatic rings. The molecule has 3 heteroatoms. The van der Waals surface area contributed by atoms with Crippen LogP contribution in [0.2, 0.25) is 0 Å². The summed E-state index contributed by atoms with van der Waals surface area (Å²) in [6, 6.07) is 6.13. The van der Waals surface area contributed by atoms with Gasteiger partial charge in [0.1, 0.15) is 0 Å². The highest BCUT2D eigenvalue weighted by molar-refractivity contribution is 7.99. The number of nitrogen functional groups attached to an aromatic ring is 1. The maximum absolute atomic E-state index is 5.87. The molecule has 4 N–H and O–H groups in total. The smallest absolute Gasteiger partial charge is 0.0454 e. The first kappa shape index (κ1) is 11.1. The summed E-state index contributed by atoms with van der Waals surface area (Å²) in [5.41, 5.74) is 13.3. The molecule has 0 saturated heterocycles.